The molecule has 0 aliphatic carbocycles. The fourth-order valence-corrected chi connectivity index (χ4v) is 3.01. The Morgan fingerprint density at radius 3 is 2.95 bits per heavy atom. The predicted octanol–water partition coefficient (Wildman–Crippen LogP) is 1.54. The Kier molecular flexibility index (Phi) is 4.24. The van der Waals surface area contributed by atoms with Crippen molar-refractivity contribution in [3.8, 4) is 0 Å². The van der Waals surface area contributed by atoms with Crippen LogP contribution in [0.1, 0.15) is 32.0 Å². The average Bonchev–Trinajstić information content (AvgIpc) is 2.95. The predicted molar refractivity (Wildman–Crippen MR) is 72.9 cm³/mol. The van der Waals surface area contributed by atoms with Gasteiger partial charge in [0.1, 0.15) is 5.82 Å². The normalized spacial score (nSPS) is 23.9. The van der Waals surface area contributed by atoms with Gasteiger partial charge < -0.3 is 14.6 Å². The molecular formula is C14H23N3O2. The first kappa shape index (κ1) is 14.1. The molecule has 5 heteroatoms. The molecule has 0 amide bonds. The van der Waals surface area contributed by atoms with Crippen molar-refractivity contribution in [1.29, 1.82) is 0 Å². The van der Waals surface area contributed by atoms with Gasteiger partial charge in [-0.2, -0.15) is 0 Å². The lowest BCUT2D eigenvalue weighted by molar-refractivity contribution is -0.148. The third-order valence-electron chi connectivity index (χ3n) is 4.19. The Morgan fingerprint density at radius 2 is 2.37 bits per heavy atom. The van der Waals surface area contributed by atoms with Gasteiger partial charge in [0, 0.05) is 39.0 Å². The molecule has 1 aromatic heterocycles. The van der Waals surface area contributed by atoms with Crippen LogP contribution in [-0.2, 0) is 18.3 Å². The number of rotatable bonds is 6. The van der Waals surface area contributed by atoms with E-state index in [9.17, 15) is 9.90 Å². The number of likely N-dealkylation sites (tertiary alicyclic amines) is 1. The highest BCUT2D eigenvalue weighted by Gasteiger charge is 2.43. The molecule has 1 atom stereocenters. The topological polar surface area (TPSA) is 58.4 Å². The lowest BCUT2D eigenvalue weighted by atomic mass is 9.83. The van der Waals surface area contributed by atoms with Gasteiger partial charge in [0.2, 0.25) is 0 Å². The van der Waals surface area contributed by atoms with Gasteiger partial charge in [-0.3, -0.25) is 4.79 Å². The van der Waals surface area contributed by atoms with Crippen LogP contribution in [-0.4, -0.2) is 45.2 Å². The van der Waals surface area contributed by atoms with E-state index in [1.807, 2.05) is 17.8 Å². The Balaban J connectivity index is 1.91. The number of aliphatic carboxylic acids is 1. The standard InChI is InChI=1S/C14H23N3O2/c1-3-5-14(13(18)19)6-9-17(11-14)8-4-12-15-7-10-16(12)2/h7,10H,3-6,8-9,11H2,1-2H3,(H,18,19). The Bertz CT molecular complexity index is 444. The average molecular weight is 265 g/mol. The van der Waals surface area contributed by atoms with E-state index in [1.54, 1.807) is 6.20 Å². The zero-order valence-corrected chi connectivity index (χ0v) is 11.8. The molecule has 106 valence electrons. The first-order valence-electron chi connectivity index (χ1n) is 6.99. The highest BCUT2D eigenvalue weighted by Crippen LogP contribution is 2.35. The summed E-state index contributed by atoms with van der Waals surface area (Å²) < 4.78 is 2.02. The molecule has 2 rings (SSSR count). The van der Waals surface area contributed by atoms with Crippen LogP contribution in [0.15, 0.2) is 12.4 Å². The molecular weight excluding hydrogens is 242 g/mol. The van der Waals surface area contributed by atoms with E-state index < -0.39 is 11.4 Å². The number of nitrogens with zero attached hydrogens (tertiary/aromatic N) is 3. The zero-order valence-electron chi connectivity index (χ0n) is 11.8. The first-order chi connectivity index (χ1) is 9.07. The van der Waals surface area contributed by atoms with Crippen LogP contribution in [0.2, 0.25) is 0 Å². The molecule has 19 heavy (non-hydrogen) atoms. The zero-order chi connectivity index (χ0) is 13.9. The summed E-state index contributed by atoms with van der Waals surface area (Å²) in [7, 11) is 1.99. The monoisotopic (exact) mass is 265 g/mol. The maximum atomic E-state index is 11.5. The Hall–Kier alpha value is -1.36. The third-order valence-corrected chi connectivity index (χ3v) is 4.19. The second kappa shape index (κ2) is 5.74. The van der Waals surface area contributed by atoms with Gasteiger partial charge in [0.15, 0.2) is 0 Å². The molecule has 0 bridgehead atoms. The summed E-state index contributed by atoms with van der Waals surface area (Å²) >= 11 is 0. The van der Waals surface area contributed by atoms with E-state index in [4.69, 9.17) is 0 Å². The molecule has 1 saturated heterocycles. The molecule has 1 fully saturated rings. The molecule has 0 aromatic carbocycles. The number of hydrogen-bond donors (Lipinski definition) is 1. The van der Waals surface area contributed by atoms with Crippen LogP contribution in [0.5, 0.6) is 0 Å². The van der Waals surface area contributed by atoms with Gasteiger partial charge >= 0.3 is 5.97 Å². The number of carboxylic acids is 1. The van der Waals surface area contributed by atoms with Gasteiger partial charge in [-0.25, -0.2) is 4.98 Å². The van der Waals surface area contributed by atoms with E-state index in [2.05, 4.69) is 16.8 Å². The maximum absolute atomic E-state index is 11.5. The molecule has 1 aliphatic heterocycles. The number of aryl methyl sites for hydroxylation is 1. The smallest absolute Gasteiger partial charge is 0.310 e. The van der Waals surface area contributed by atoms with Crippen LogP contribution in [0.25, 0.3) is 0 Å². The van der Waals surface area contributed by atoms with Gasteiger partial charge in [-0.1, -0.05) is 13.3 Å². The second-order valence-corrected chi connectivity index (χ2v) is 5.57. The summed E-state index contributed by atoms with van der Waals surface area (Å²) in [4.78, 5) is 18.1. The Morgan fingerprint density at radius 1 is 1.58 bits per heavy atom. The number of carbonyl (C=O) groups is 1. The van der Waals surface area contributed by atoms with E-state index in [-0.39, 0.29) is 0 Å². The van der Waals surface area contributed by atoms with Crippen LogP contribution in [0, 0.1) is 5.41 Å². The van der Waals surface area contributed by atoms with E-state index in [0.717, 1.165) is 44.6 Å². The summed E-state index contributed by atoms with van der Waals surface area (Å²) in [5, 5.41) is 9.47. The van der Waals surface area contributed by atoms with Crippen molar-refractivity contribution >= 4 is 5.97 Å². The number of imidazole rings is 1. The van der Waals surface area contributed by atoms with Gasteiger partial charge in [0.05, 0.1) is 5.41 Å². The molecule has 2 heterocycles. The highest BCUT2D eigenvalue weighted by molar-refractivity contribution is 5.75. The fourth-order valence-electron chi connectivity index (χ4n) is 3.01. The molecule has 5 nitrogen and oxygen atoms in total. The molecule has 1 aliphatic rings. The fraction of sp³-hybridized carbons (Fsp3) is 0.714. The highest BCUT2D eigenvalue weighted by atomic mass is 16.4. The quantitative estimate of drug-likeness (QED) is 0.847. The Labute approximate surface area is 114 Å². The van der Waals surface area contributed by atoms with E-state index >= 15 is 0 Å². The lowest BCUT2D eigenvalue weighted by Gasteiger charge is -2.24. The largest absolute Gasteiger partial charge is 0.481 e. The second-order valence-electron chi connectivity index (χ2n) is 5.57. The van der Waals surface area contributed by atoms with Crippen molar-refractivity contribution in [2.24, 2.45) is 12.5 Å². The van der Waals surface area contributed by atoms with Crippen molar-refractivity contribution in [3.05, 3.63) is 18.2 Å². The van der Waals surface area contributed by atoms with Gasteiger partial charge in [-0.15, -0.1) is 0 Å². The SMILES string of the molecule is CCCC1(C(=O)O)CCN(CCc2nccn2C)C1. The minimum absolute atomic E-state index is 0.517. The number of aromatic nitrogens is 2. The van der Waals surface area contributed by atoms with Crippen LogP contribution < -0.4 is 0 Å². The number of carboxylic acid groups (broad SMARTS) is 1. The summed E-state index contributed by atoms with van der Waals surface area (Å²) in [5.74, 6) is 0.428. The lowest BCUT2D eigenvalue weighted by Crippen LogP contribution is -2.35. The van der Waals surface area contributed by atoms with Gasteiger partial charge in [0.25, 0.3) is 0 Å². The molecule has 1 aromatic rings. The van der Waals surface area contributed by atoms with E-state index in [1.165, 1.54) is 0 Å². The van der Waals surface area contributed by atoms with Crippen LogP contribution in [0.4, 0.5) is 0 Å². The number of hydrogen-bond acceptors (Lipinski definition) is 3. The van der Waals surface area contributed by atoms with Crippen LogP contribution >= 0.6 is 0 Å². The van der Waals surface area contributed by atoms with Crippen molar-refractivity contribution in [3.63, 3.8) is 0 Å². The summed E-state index contributed by atoms with van der Waals surface area (Å²) in [6.07, 6.45) is 7.11. The van der Waals surface area contributed by atoms with Crippen molar-refractivity contribution < 1.29 is 9.90 Å². The van der Waals surface area contributed by atoms with E-state index in [0.29, 0.717) is 6.54 Å². The molecule has 0 spiro atoms. The maximum Gasteiger partial charge on any atom is 0.310 e. The molecule has 0 saturated carbocycles. The molecule has 1 N–H and O–H groups in total. The van der Waals surface area contributed by atoms with Crippen molar-refractivity contribution in [2.45, 2.75) is 32.6 Å². The van der Waals surface area contributed by atoms with Crippen molar-refractivity contribution in [2.75, 3.05) is 19.6 Å². The summed E-state index contributed by atoms with van der Waals surface area (Å²) in [5.41, 5.74) is -0.517. The minimum Gasteiger partial charge on any atom is -0.481 e. The summed E-state index contributed by atoms with van der Waals surface area (Å²) in [6.45, 7) is 4.52. The molecule has 1 unspecified atom stereocenters. The first-order valence-corrected chi connectivity index (χ1v) is 6.99. The van der Waals surface area contributed by atoms with Crippen LogP contribution in [0.3, 0.4) is 0 Å². The van der Waals surface area contributed by atoms with Gasteiger partial charge in [-0.05, 0) is 19.4 Å². The van der Waals surface area contributed by atoms with Crippen molar-refractivity contribution in [1.82, 2.24) is 14.5 Å². The molecule has 0 radical (unpaired) electrons. The third kappa shape index (κ3) is 2.97. The minimum atomic E-state index is -0.631. The summed E-state index contributed by atoms with van der Waals surface area (Å²) in [6, 6.07) is 0.